The highest BCUT2D eigenvalue weighted by Gasteiger charge is 2.33. The predicted octanol–water partition coefficient (Wildman–Crippen LogP) is 3.77. The number of hydrogen-bond acceptors (Lipinski definition) is 6. The number of hydrogen-bond donors (Lipinski definition) is 0. The van der Waals surface area contributed by atoms with E-state index in [1.165, 1.54) is 36.8 Å². The highest BCUT2D eigenvalue weighted by Crippen LogP contribution is 2.31. The molecule has 5 rings (SSSR count). The molecule has 2 fully saturated rings. The van der Waals surface area contributed by atoms with Crippen LogP contribution >= 0.6 is 0 Å². The number of benzene rings is 2. The first-order chi connectivity index (χ1) is 16.3. The molecule has 1 atom stereocenters. The first kappa shape index (κ1) is 22.0. The lowest BCUT2D eigenvalue weighted by molar-refractivity contribution is 0.0771. The van der Waals surface area contributed by atoms with Crippen molar-refractivity contribution in [1.82, 2.24) is 30.0 Å². The van der Waals surface area contributed by atoms with Gasteiger partial charge in [0.05, 0.1) is 19.2 Å². The summed E-state index contributed by atoms with van der Waals surface area (Å²) in [7, 11) is 0. The third-order valence-electron chi connectivity index (χ3n) is 7.04. The van der Waals surface area contributed by atoms with Crippen LogP contribution in [-0.4, -0.2) is 68.8 Å². The van der Waals surface area contributed by atoms with E-state index in [1.807, 2.05) is 17.7 Å². The first-order valence-corrected chi connectivity index (χ1v) is 12.3. The summed E-state index contributed by atoms with van der Waals surface area (Å²) in [6.07, 6.45) is 5.48. The van der Waals surface area contributed by atoms with Gasteiger partial charge in [0.2, 0.25) is 0 Å². The van der Waals surface area contributed by atoms with Gasteiger partial charge in [0.25, 0.3) is 0 Å². The second kappa shape index (κ2) is 10.4. The molecule has 33 heavy (non-hydrogen) atoms. The molecule has 0 bridgehead atoms. The second-order valence-electron chi connectivity index (χ2n) is 9.10. The summed E-state index contributed by atoms with van der Waals surface area (Å²) >= 11 is 0. The van der Waals surface area contributed by atoms with Crippen LogP contribution in [0.4, 0.5) is 0 Å². The first-order valence-electron chi connectivity index (χ1n) is 12.3. The van der Waals surface area contributed by atoms with E-state index in [-0.39, 0.29) is 6.04 Å². The van der Waals surface area contributed by atoms with Crippen molar-refractivity contribution in [3.05, 3.63) is 71.5 Å². The van der Waals surface area contributed by atoms with Gasteiger partial charge in [-0.3, -0.25) is 9.80 Å². The molecule has 1 saturated heterocycles. The predicted molar refractivity (Wildman–Crippen MR) is 128 cm³/mol. The van der Waals surface area contributed by atoms with Gasteiger partial charge in [0, 0.05) is 32.2 Å². The van der Waals surface area contributed by atoms with Gasteiger partial charge in [0.1, 0.15) is 5.75 Å². The number of tetrazole rings is 1. The normalized spacial score (nSPS) is 19.1. The second-order valence-corrected chi connectivity index (χ2v) is 9.10. The van der Waals surface area contributed by atoms with Gasteiger partial charge in [-0.1, -0.05) is 55.3 Å². The molecule has 2 heterocycles. The van der Waals surface area contributed by atoms with Gasteiger partial charge in [-0.05, 0) is 53.5 Å². The largest absolute Gasteiger partial charge is 0.494 e. The van der Waals surface area contributed by atoms with Crippen LogP contribution < -0.4 is 4.74 Å². The monoisotopic (exact) mass is 446 g/mol. The van der Waals surface area contributed by atoms with E-state index in [0.717, 1.165) is 43.8 Å². The Morgan fingerprint density at radius 3 is 2.36 bits per heavy atom. The fourth-order valence-electron chi connectivity index (χ4n) is 5.34. The summed E-state index contributed by atoms with van der Waals surface area (Å²) in [6.45, 7) is 7.61. The number of rotatable bonds is 8. The Morgan fingerprint density at radius 1 is 0.939 bits per heavy atom. The topological polar surface area (TPSA) is 59.3 Å². The van der Waals surface area contributed by atoms with E-state index >= 15 is 0 Å². The van der Waals surface area contributed by atoms with Crippen molar-refractivity contribution < 1.29 is 4.74 Å². The van der Waals surface area contributed by atoms with E-state index < -0.39 is 0 Å². The van der Waals surface area contributed by atoms with Crippen molar-refractivity contribution in [2.24, 2.45) is 0 Å². The number of aromatic nitrogens is 4. The van der Waals surface area contributed by atoms with E-state index in [4.69, 9.17) is 4.74 Å². The fraction of sp³-hybridized carbons (Fsp3) is 0.500. The average Bonchev–Trinajstić information content (AvgIpc) is 3.55. The van der Waals surface area contributed by atoms with Gasteiger partial charge in [-0.2, -0.15) is 0 Å². The van der Waals surface area contributed by atoms with Crippen molar-refractivity contribution in [2.45, 2.75) is 51.2 Å². The van der Waals surface area contributed by atoms with E-state index in [2.05, 4.69) is 73.9 Å². The fourth-order valence-corrected chi connectivity index (χ4v) is 5.34. The standard InChI is InChI=1S/C26H34N6O/c1-2-33-24-14-12-22(13-15-24)25(31-18-16-30(17-19-31)23-10-6-7-11-23)26-27-28-29-32(26)20-21-8-4-3-5-9-21/h3-5,8-9,12-15,23,25H,2,6-7,10-11,16-20H2,1H3/t25-/m1/s1. The average molecular weight is 447 g/mol. The lowest BCUT2D eigenvalue weighted by Crippen LogP contribution is -2.51. The zero-order valence-electron chi connectivity index (χ0n) is 19.5. The minimum atomic E-state index is 0.0186. The molecule has 1 saturated carbocycles. The van der Waals surface area contributed by atoms with Crippen LogP contribution in [0.5, 0.6) is 5.75 Å². The smallest absolute Gasteiger partial charge is 0.173 e. The van der Waals surface area contributed by atoms with Gasteiger partial charge >= 0.3 is 0 Å². The summed E-state index contributed by atoms with van der Waals surface area (Å²) in [6, 6.07) is 19.7. The Bertz CT molecular complexity index is 991. The van der Waals surface area contributed by atoms with Crippen molar-refractivity contribution in [1.29, 1.82) is 0 Å². The minimum absolute atomic E-state index is 0.0186. The third-order valence-corrected chi connectivity index (χ3v) is 7.04. The summed E-state index contributed by atoms with van der Waals surface area (Å²) in [5.41, 5.74) is 2.40. The Morgan fingerprint density at radius 2 is 1.67 bits per heavy atom. The minimum Gasteiger partial charge on any atom is -0.494 e. The summed E-state index contributed by atoms with van der Waals surface area (Å²) in [5, 5.41) is 13.0. The number of nitrogens with zero attached hydrogens (tertiary/aromatic N) is 6. The van der Waals surface area contributed by atoms with Crippen molar-refractivity contribution in [2.75, 3.05) is 32.8 Å². The molecule has 7 nitrogen and oxygen atoms in total. The maximum absolute atomic E-state index is 5.68. The van der Waals surface area contributed by atoms with Crippen LogP contribution in [-0.2, 0) is 6.54 Å². The van der Waals surface area contributed by atoms with Crippen molar-refractivity contribution in [3.8, 4) is 5.75 Å². The third kappa shape index (κ3) is 5.09. The van der Waals surface area contributed by atoms with Gasteiger partial charge in [-0.25, -0.2) is 4.68 Å². The van der Waals surface area contributed by atoms with E-state index in [0.29, 0.717) is 13.2 Å². The molecule has 0 unspecified atom stereocenters. The quantitative estimate of drug-likeness (QED) is 0.525. The Balaban J connectivity index is 1.41. The van der Waals surface area contributed by atoms with E-state index in [9.17, 15) is 0 Å². The summed E-state index contributed by atoms with van der Waals surface area (Å²) in [4.78, 5) is 5.25. The molecule has 174 valence electrons. The van der Waals surface area contributed by atoms with Crippen LogP contribution in [0.3, 0.4) is 0 Å². The Hall–Kier alpha value is -2.77. The molecular formula is C26H34N6O. The van der Waals surface area contributed by atoms with Crippen LogP contribution in [0.1, 0.15) is 55.6 Å². The van der Waals surface area contributed by atoms with Gasteiger partial charge in [-0.15, -0.1) is 5.10 Å². The molecule has 1 aromatic heterocycles. The lowest BCUT2D eigenvalue weighted by Gasteiger charge is -2.41. The van der Waals surface area contributed by atoms with Crippen molar-refractivity contribution >= 4 is 0 Å². The highest BCUT2D eigenvalue weighted by atomic mass is 16.5. The number of piperazine rings is 1. The molecular weight excluding hydrogens is 412 g/mol. The molecule has 0 amide bonds. The highest BCUT2D eigenvalue weighted by molar-refractivity contribution is 5.32. The Labute approximate surface area is 196 Å². The molecule has 2 aliphatic rings. The van der Waals surface area contributed by atoms with E-state index in [1.54, 1.807) is 0 Å². The number of ether oxygens (including phenoxy) is 1. The zero-order valence-corrected chi connectivity index (χ0v) is 19.5. The van der Waals surface area contributed by atoms with Crippen LogP contribution in [0, 0.1) is 0 Å². The molecule has 2 aromatic carbocycles. The molecule has 0 N–H and O–H groups in total. The molecule has 0 spiro atoms. The van der Waals surface area contributed by atoms with Crippen molar-refractivity contribution in [3.63, 3.8) is 0 Å². The van der Waals surface area contributed by atoms with Crippen LogP contribution in [0.15, 0.2) is 54.6 Å². The van der Waals surface area contributed by atoms with Gasteiger partial charge < -0.3 is 4.74 Å². The lowest BCUT2D eigenvalue weighted by atomic mass is 10.0. The van der Waals surface area contributed by atoms with Crippen LogP contribution in [0.2, 0.25) is 0 Å². The molecule has 1 aliphatic carbocycles. The van der Waals surface area contributed by atoms with Gasteiger partial charge in [0.15, 0.2) is 5.82 Å². The Kier molecular flexibility index (Phi) is 6.98. The SMILES string of the molecule is CCOc1ccc([C@H](c2nnnn2Cc2ccccc2)N2CCN(C3CCCC3)CC2)cc1. The zero-order chi connectivity index (χ0) is 22.5. The molecule has 1 aliphatic heterocycles. The molecule has 3 aromatic rings. The van der Waals surface area contributed by atoms with Crippen LogP contribution in [0.25, 0.3) is 0 Å². The molecule has 0 radical (unpaired) electrons. The summed E-state index contributed by atoms with van der Waals surface area (Å²) < 4.78 is 7.64. The maximum atomic E-state index is 5.68. The maximum Gasteiger partial charge on any atom is 0.173 e. The summed E-state index contributed by atoms with van der Waals surface area (Å²) in [5.74, 6) is 1.80. The molecule has 7 heteroatoms.